The number of aromatic nitrogens is 2. The minimum absolute atomic E-state index is 0.0224. The number of likely N-dealkylation sites (tertiary alicyclic amines) is 1. The van der Waals surface area contributed by atoms with Crippen LogP contribution in [0.3, 0.4) is 0 Å². The molecule has 1 saturated heterocycles. The van der Waals surface area contributed by atoms with Gasteiger partial charge in [-0.25, -0.2) is 0 Å². The number of rotatable bonds is 5. The van der Waals surface area contributed by atoms with Gasteiger partial charge in [-0.1, -0.05) is 0 Å². The van der Waals surface area contributed by atoms with Crippen molar-refractivity contribution < 1.29 is 5.11 Å². The molecule has 0 amide bonds. The molecule has 120 valence electrons. The van der Waals surface area contributed by atoms with Gasteiger partial charge < -0.3 is 15.3 Å². The normalized spacial score (nSPS) is 19.9. The molecule has 2 N–H and O–H groups in total. The molecule has 1 aliphatic rings. The van der Waals surface area contributed by atoms with E-state index in [2.05, 4.69) is 49.3 Å². The van der Waals surface area contributed by atoms with Gasteiger partial charge in [0, 0.05) is 30.5 Å². The van der Waals surface area contributed by atoms with Crippen LogP contribution in [-0.4, -0.2) is 52.1 Å². The van der Waals surface area contributed by atoms with Gasteiger partial charge in [0.1, 0.15) is 0 Å². The van der Waals surface area contributed by atoms with Gasteiger partial charge in [0.15, 0.2) is 0 Å². The van der Waals surface area contributed by atoms with Crippen molar-refractivity contribution in [3.8, 4) is 0 Å². The highest BCUT2D eigenvalue weighted by atomic mass is 16.3. The van der Waals surface area contributed by atoms with Crippen LogP contribution in [-0.2, 0) is 12.1 Å². The Bertz CT molecular complexity index is 441. The van der Waals surface area contributed by atoms with Crippen LogP contribution in [0.2, 0.25) is 0 Å². The third kappa shape index (κ3) is 4.28. The molecule has 1 fully saturated rings. The molecule has 0 aliphatic carbocycles. The fourth-order valence-electron chi connectivity index (χ4n) is 2.88. The topological polar surface area (TPSA) is 53.3 Å². The SMILES string of the molecule is CN1CCC(CCO)(NCc2cnn(C(C)(C)C)c2)CC1. The summed E-state index contributed by atoms with van der Waals surface area (Å²) in [6.45, 7) is 9.71. The average Bonchev–Trinajstić information content (AvgIpc) is 2.89. The maximum Gasteiger partial charge on any atom is 0.0543 e. The number of aliphatic hydroxyl groups excluding tert-OH is 1. The number of nitrogens with one attached hydrogen (secondary N) is 1. The number of hydrogen-bond donors (Lipinski definition) is 2. The highest BCUT2D eigenvalue weighted by Crippen LogP contribution is 2.25. The zero-order valence-electron chi connectivity index (χ0n) is 13.9. The van der Waals surface area contributed by atoms with Crippen LogP contribution < -0.4 is 5.32 Å². The summed E-state index contributed by atoms with van der Waals surface area (Å²) in [5.74, 6) is 0. The molecule has 0 saturated carbocycles. The number of aliphatic hydroxyl groups is 1. The molecule has 5 heteroatoms. The first-order valence-electron chi connectivity index (χ1n) is 7.93. The molecule has 1 aromatic rings. The molecule has 2 heterocycles. The van der Waals surface area contributed by atoms with Gasteiger partial charge in [0.2, 0.25) is 0 Å². The highest BCUT2D eigenvalue weighted by Gasteiger charge is 2.32. The van der Waals surface area contributed by atoms with Crippen LogP contribution in [0.1, 0.15) is 45.6 Å². The van der Waals surface area contributed by atoms with Crippen LogP contribution in [0.5, 0.6) is 0 Å². The Labute approximate surface area is 128 Å². The lowest BCUT2D eigenvalue weighted by atomic mass is 9.84. The Balaban J connectivity index is 1.97. The summed E-state index contributed by atoms with van der Waals surface area (Å²) in [4.78, 5) is 2.36. The predicted molar refractivity (Wildman–Crippen MR) is 85.2 cm³/mol. The van der Waals surface area contributed by atoms with Gasteiger partial charge in [0.05, 0.1) is 11.7 Å². The van der Waals surface area contributed by atoms with E-state index < -0.39 is 0 Å². The van der Waals surface area contributed by atoms with E-state index >= 15 is 0 Å². The first-order chi connectivity index (χ1) is 9.85. The molecule has 0 atom stereocenters. The van der Waals surface area contributed by atoms with E-state index in [-0.39, 0.29) is 17.7 Å². The standard InChI is InChI=1S/C16H30N4O/c1-15(2,3)20-13-14(12-18-20)11-17-16(7-10-21)5-8-19(4)9-6-16/h12-13,17,21H,5-11H2,1-4H3. The first kappa shape index (κ1) is 16.5. The zero-order valence-corrected chi connectivity index (χ0v) is 13.9. The van der Waals surface area contributed by atoms with Crippen LogP contribution in [0, 0.1) is 0 Å². The van der Waals surface area contributed by atoms with E-state index in [1.54, 1.807) is 0 Å². The Morgan fingerprint density at radius 2 is 2.00 bits per heavy atom. The summed E-state index contributed by atoms with van der Waals surface area (Å²) in [6, 6.07) is 0. The lowest BCUT2D eigenvalue weighted by Gasteiger charge is -2.41. The molecular weight excluding hydrogens is 264 g/mol. The summed E-state index contributed by atoms with van der Waals surface area (Å²) in [5, 5.41) is 17.5. The van der Waals surface area contributed by atoms with Crippen molar-refractivity contribution in [2.75, 3.05) is 26.7 Å². The second-order valence-electron chi connectivity index (χ2n) is 7.37. The van der Waals surface area contributed by atoms with Crippen molar-refractivity contribution in [1.82, 2.24) is 20.0 Å². The van der Waals surface area contributed by atoms with E-state index in [0.717, 1.165) is 38.9 Å². The number of hydrogen-bond acceptors (Lipinski definition) is 4. The molecule has 0 radical (unpaired) electrons. The second-order valence-corrected chi connectivity index (χ2v) is 7.37. The largest absolute Gasteiger partial charge is 0.396 e. The lowest BCUT2D eigenvalue weighted by molar-refractivity contribution is 0.121. The quantitative estimate of drug-likeness (QED) is 0.865. The minimum atomic E-state index is 0.0224. The summed E-state index contributed by atoms with van der Waals surface area (Å²) in [6.07, 6.45) is 7.08. The van der Waals surface area contributed by atoms with Crippen molar-refractivity contribution in [2.24, 2.45) is 0 Å². The van der Waals surface area contributed by atoms with Gasteiger partial charge in [-0.2, -0.15) is 5.10 Å². The molecule has 0 bridgehead atoms. The summed E-state index contributed by atoms with van der Waals surface area (Å²) in [7, 11) is 2.16. The van der Waals surface area contributed by atoms with E-state index in [9.17, 15) is 5.11 Å². The molecule has 2 rings (SSSR count). The Morgan fingerprint density at radius 3 is 2.52 bits per heavy atom. The lowest BCUT2D eigenvalue weighted by Crippen LogP contribution is -2.52. The summed E-state index contributed by atoms with van der Waals surface area (Å²) >= 11 is 0. The van der Waals surface area contributed by atoms with Gasteiger partial charge >= 0.3 is 0 Å². The van der Waals surface area contributed by atoms with Crippen molar-refractivity contribution in [1.29, 1.82) is 0 Å². The Hall–Kier alpha value is -0.910. The van der Waals surface area contributed by atoms with Crippen molar-refractivity contribution in [2.45, 2.75) is 57.7 Å². The highest BCUT2D eigenvalue weighted by molar-refractivity contribution is 5.06. The third-order valence-electron chi connectivity index (χ3n) is 4.53. The van der Waals surface area contributed by atoms with Crippen molar-refractivity contribution in [3.05, 3.63) is 18.0 Å². The third-order valence-corrected chi connectivity index (χ3v) is 4.53. The van der Waals surface area contributed by atoms with Gasteiger partial charge in [-0.15, -0.1) is 0 Å². The average molecular weight is 294 g/mol. The molecule has 21 heavy (non-hydrogen) atoms. The molecular formula is C16H30N4O. The molecule has 1 aliphatic heterocycles. The van der Waals surface area contributed by atoms with Crippen LogP contribution >= 0.6 is 0 Å². The maximum absolute atomic E-state index is 9.39. The van der Waals surface area contributed by atoms with E-state index in [1.165, 1.54) is 5.56 Å². The van der Waals surface area contributed by atoms with Crippen LogP contribution in [0.15, 0.2) is 12.4 Å². The second kappa shape index (κ2) is 6.46. The Kier molecular flexibility index (Phi) is 5.07. The first-order valence-corrected chi connectivity index (χ1v) is 7.93. The smallest absolute Gasteiger partial charge is 0.0543 e. The van der Waals surface area contributed by atoms with Crippen molar-refractivity contribution >= 4 is 0 Å². The van der Waals surface area contributed by atoms with E-state index in [4.69, 9.17) is 0 Å². The summed E-state index contributed by atoms with van der Waals surface area (Å²) < 4.78 is 2.01. The molecule has 1 aromatic heterocycles. The molecule has 0 spiro atoms. The number of nitrogens with zero attached hydrogens (tertiary/aromatic N) is 3. The van der Waals surface area contributed by atoms with Crippen LogP contribution in [0.4, 0.5) is 0 Å². The maximum atomic E-state index is 9.39. The van der Waals surface area contributed by atoms with Crippen LogP contribution in [0.25, 0.3) is 0 Å². The Morgan fingerprint density at radius 1 is 1.33 bits per heavy atom. The molecule has 5 nitrogen and oxygen atoms in total. The fourth-order valence-corrected chi connectivity index (χ4v) is 2.88. The molecule has 0 unspecified atom stereocenters. The van der Waals surface area contributed by atoms with Gasteiger partial charge in [-0.05, 0) is 60.2 Å². The molecule has 0 aromatic carbocycles. The minimum Gasteiger partial charge on any atom is -0.396 e. The fraction of sp³-hybridized carbons (Fsp3) is 0.812. The van der Waals surface area contributed by atoms with Gasteiger partial charge in [0.25, 0.3) is 0 Å². The van der Waals surface area contributed by atoms with E-state index in [1.807, 2.05) is 10.9 Å². The monoisotopic (exact) mass is 294 g/mol. The predicted octanol–water partition coefficient (Wildman–Crippen LogP) is 1.57. The van der Waals surface area contributed by atoms with E-state index in [0.29, 0.717) is 0 Å². The summed E-state index contributed by atoms with van der Waals surface area (Å²) in [5.41, 5.74) is 1.31. The van der Waals surface area contributed by atoms with Crippen molar-refractivity contribution in [3.63, 3.8) is 0 Å². The number of piperidine rings is 1. The van der Waals surface area contributed by atoms with Gasteiger partial charge in [-0.3, -0.25) is 4.68 Å². The zero-order chi connectivity index (χ0) is 15.5.